The second kappa shape index (κ2) is 7.41. The van der Waals surface area contributed by atoms with Crippen LogP contribution in [0.2, 0.25) is 0 Å². The molecule has 0 aliphatic rings. The molecule has 0 bridgehead atoms. The van der Waals surface area contributed by atoms with Crippen molar-refractivity contribution in [2.24, 2.45) is 0 Å². The van der Waals surface area contributed by atoms with Gasteiger partial charge in [-0.2, -0.15) is 0 Å². The minimum atomic E-state index is 0.928. The number of thiazole rings is 1. The van der Waals surface area contributed by atoms with Gasteiger partial charge in [-0.3, -0.25) is 0 Å². The van der Waals surface area contributed by atoms with Crippen molar-refractivity contribution in [3.05, 3.63) is 40.9 Å². The Morgan fingerprint density at radius 3 is 2.60 bits per heavy atom. The second-order valence-electron chi connectivity index (χ2n) is 4.79. The third-order valence-electron chi connectivity index (χ3n) is 3.24. The van der Waals surface area contributed by atoms with Gasteiger partial charge in [0, 0.05) is 24.2 Å². The quantitative estimate of drug-likeness (QED) is 0.782. The van der Waals surface area contributed by atoms with Crippen LogP contribution in [-0.4, -0.2) is 18.6 Å². The zero-order valence-corrected chi connectivity index (χ0v) is 13.3. The lowest BCUT2D eigenvalue weighted by molar-refractivity contribution is 0.676. The van der Waals surface area contributed by atoms with Gasteiger partial charge in [0.15, 0.2) is 5.13 Å². The third-order valence-corrected chi connectivity index (χ3v) is 4.42. The van der Waals surface area contributed by atoms with Crippen molar-refractivity contribution in [2.45, 2.75) is 33.2 Å². The normalized spacial score (nSPS) is 10.8. The van der Waals surface area contributed by atoms with E-state index in [4.69, 9.17) is 4.98 Å². The number of rotatable bonds is 7. The Kier molecular flexibility index (Phi) is 5.56. The summed E-state index contributed by atoms with van der Waals surface area (Å²) in [4.78, 5) is 8.31. The fraction of sp³-hybridized carbons (Fsp3) is 0.438. The molecule has 4 heteroatoms. The molecule has 20 heavy (non-hydrogen) atoms. The van der Waals surface area contributed by atoms with Crippen molar-refractivity contribution in [3.63, 3.8) is 0 Å². The van der Waals surface area contributed by atoms with E-state index in [9.17, 15) is 0 Å². The van der Waals surface area contributed by atoms with Gasteiger partial charge in [0.2, 0.25) is 0 Å². The summed E-state index contributed by atoms with van der Waals surface area (Å²) in [6.45, 7) is 6.35. The van der Waals surface area contributed by atoms with E-state index in [0.29, 0.717) is 0 Å². The molecule has 0 saturated heterocycles. The highest BCUT2D eigenvalue weighted by Crippen LogP contribution is 2.30. The van der Waals surface area contributed by atoms with E-state index in [0.717, 1.165) is 31.1 Å². The van der Waals surface area contributed by atoms with E-state index in [1.807, 2.05) is 6.07 Å². The number of nitrogens with one attached hydrogen (secondary N) is 1. The summed E-state index contributed by atoms with van der Waals surface area (Å²) in [5.74, 6) is 0. The molecule has 0 aliphatic carbocycles. The Morgan fingerprint density at radius 2 is 1.95 bits per heavy atom. The van der Waals surface area contributed by atoms with Crippen LogP contribution in [0.5, 0.6) is 0 Å². The average molecular weight is 289 g/mol. The molecule has 1 heterocycles. The lowest BCUT2D eigenvalue weighted by Crippen LogP contribution is -2.13. The summed E-state index contributed by atoms with van der Waals surface area (Å²) in [7, 11) is 2.08. The molecule has 1 aromatic heterocycles. The predicted molar refractivity (Wildman–Crippen MR) is 88.0 cm³/mol. The van der Waals surface area contributed by atoms with Gasteiger partial charge in [-0.05, 0) is 31.5 Å². The fourth-order valence-corrected chi connectivity index (χ4v) is 3.17. The Labute approximate surface area is 125 Å². The summed E-state index contributed by atoms with van der Waals surface area (Å²) in [5.41, 5.74) is 2.40. The number of aryl methyl sites for hydroxylation is 1. The third kappa shape index (κ3) is 3.58. The number of nitrogens with zero attached hydrogens (tertiary/aromatic N) is 2. The van der Waals surface area contributed by atoms with Gasteiger partial charge in [0.1, 0.15) is 0 Å². The Bertz CT molecular complexity index is 522. The summed E-state index contributed by atoms with van der Waals surface area (Å²) in [6.07, 6.45) is 2.15. The van der Waals surface area contributed by atoms with Crippen molar-refractivity contribution in [3.8, 4) is 0 Å². The first kappa shape index (κ1) is 15.0. The molecule has 108 valence electrons. The number of benzene rings is 1. The van der Waals surface area contributed by atoms with Gasteiger partial charge in [0.25, 0.3) is 0 Å². The molecule has 0 spiro atoms. The smallest absolute Gasteiger partial charge is 0.190 e. The minimum Gasteiger partial charge on any atom is -0.321 e. The summed E-state index contributed by atoms with van der Waals surface area (Å²) >= 11 is 1.79. The predicted octanol–water partition coefficient (Wildman–Crippen LogP) is 3.97. The molecule has 0 fully saturated rings. The first-order valence-electron chi connectivity index (χ1n) is 7.24. The Balaban J connectivity index is 2.16. The summed E-state index contributed by atoms with van der Waals surface area (Å²) in [5, 5.41) is 4.54. The molecule has 0 atom stereocenters. The van der Waals surface area contributed by atoms with Gasteiger partial charge in [0.05, 0.1) is 5.69 Å². The van der Waals surface area contributed by atoms with Crippen molar-refractivity contribution in [1.82, 2.24) is 10.3 Å². The van der Waals surface area contributed by atoms with Gasteiger partial charge >= 0.3 is 0 Å². The van der Waals surface area contributed by atoms with Gasteiger partial charge < -0.3 is 10.2 Å². The maximum Gasteiger partial charge on any atom is 0.190 e. The molecular formula is C16H23N3S. The zero-order valence-electron chi connectivity index (χ0n) is 12.5. The van der Waals surface area contributed by atoms with Crippen molar-refractivity contribution >= 4 is 22.2 Å². The molecule has 0 saturated carbocycles. The Hall–Kier alpha value is -1.39. The monoisotopic (exact) mass is 289 g/mol. The van der Waals surface area contributed by atoms with E-state index >= 15 is 0 Å². The summed E-state index contributed by atoms with van der Waals surface area (Å²) < 4.78 is 0. The standard InChI is InChI=1S/C16H23N3S/c1-4-11-17-12-15-14(5-2)18-16(20-15)19(3)13-9-7-6-8-10-13/h6-10,17H,4-5,11-12H2,1-3H3. The van der Waals surface area contributed by atoms with Crippen LogP contribution in [0.3, 0.4) is 0 Å². The fourth-order valence-electron chi connectivity index (χ4n) is 2.07. The van der Waals surface area contributed by atoms with Crippen molar-refractivity contribution in [2.75, 3.05) is 18.5 Å². The van der Waals surface area contributed by atoms with Crippen molar-refractivity contribution < 1.29 is 0 Å². The number of para-hydroxylation sites is 1. The molecule has 0 unspecified atom stereocenters. The molecule has 0 aliphatic heterocycles. The highest BCUT2D eigenvalue weighted by atomic mass is 32.1. The highest BCUT2D eigenvalue weighted by Gasteiger charge is 2.13. The number of anilines is 2. The average Bonchev–Trinajstić information content (AvgIpc) is 2.91. The van der Waals surface area contributed by atoms with Crippen LogP contribution in [0, 0.1) is 0 Å². The molecule has 3 nitrogen and oxygen atoms in total. The van der Waals surface area contributed by atoms with Crippen LogP contribution in [0.15, 0.2) is 30.3 Å². The van der Waals surface area contributed by atoms with Gasteiger partial charge in [-0.25, -0.2) is 4.98 Å². The first-order chi connectivity index (χ1) is 9.76. The maximum atomic E-state index is 4.79. The number of hydrogen-bond donors (Lipinski definition) is 1. The number of hydrogen-bond acceptors (Lipinski definition) is 4. The summed E-state index contributed by atoms with van der Waals surface area (Å²) in [6, 6.07) is 10.4. The number of aromatic nitrogens is 1. The van der Waals surface area contributed by atoms with E-state index in [1.165, 1.54) is 16.3 Å². The Morgan fingerprint density at radius 1 is 1.20 bits per heavy atom. The maximum absolute atomic E-state index is 4.79. The molecule has 1 aromatic carbocycles. The van der Waals surface area contributed by atoms with Crippen LogP contribution in [0.1, 0.15) is 30.8 Å². The molecular weight excluding hydrogens is 266 g/mol. The first-order valence-corrected chi connectivity index (χ1v) is 8.06. The topological polar surface area (TPSA) is 28.2 Å². The van der Waals surface area contributed by atoms with Crippen LogP contribution < -0.4 is 10.2 Å². The lowest BCUT2D eigenvalue weighted by Gasteiger charge is -2.15. The van der Waals surface area contributed by atoms with Gasteiger partial charge in [-0.1, -0.05) is 43.4 Å². The van der Waals surface area contributed by atoms with Crippen LogP contribution >= 0.6 is 11.3 Å². The van der Waals surface area contributed by atoms with Crippen LogP contribution in [-0.2, 0) is 13.0 Å². The molecule has 2 aromatic rings. The SMILES string of the molecule is CCCNCc1sc(N(C)c2ccccc2)nc1CC. The van der Waals surface area contributed by atoms with Crippen LogP contribution in [0.25, 0.3) is 0 Å². The molecule has 2 rings (SSSR count). The van der Waals surface area contributed by atoms with E-state index in [1.54, 1.807) is 11.3 Å². The molecule has 1 N–H and O–H groups in total. The molecule has 0 amide bonds. The van der Waals surface area contributed by atoms with Gasteiger partial charge in [-0.15, -0.1) is 0 Å². The van der Waals surface area contributed by atoms with E-state index in [-0.39, 0.29) is 0 Å². The highest BCUT2D eigenvalue weighted by molar-refractivity contribution is 7.15. The minimum absolute atomic E-state index is 0.928. The lowest BCUT2D eigenvalue weighted by atomic mass is 10.3. The second-order valence-corrected chi connectivity index (χ2v) is 5.85. The van der Waals surface area contributed by atoms with E-state index in [2.05, 4.69) is 55.4 Å². The van der Waals surface area contributed by atoms with Crippen LogP contribution in [0.4, 0.5) is 10.8 Å². The molecule has 0 radical (unpaired) electrons. The largest absolute Gasteiger partial charge is 0.321 e. The van der Waals surface area contributed by atoms with Crippen molar-refractivity contribution in [1.29, 1.82) is 0 Å². The zero-order chi connectivity index (χ0) is 14.4. The van der Waals surface area contributed by atoms with E-state index < -0.39 is 0 Å².